The van der Waals surface area contributed by atoms with Crippen molar-refractivity contribution in [1.29, 1.82) is 0 Å². The standard InChI is InChI=1S/C21H21FN2O/c1-2-16-3-7-19(8-4-16)23-12-11-17(15-23)21-24(13-14-25-21)20-9-5-18(22)6-10-20/h3-12,15,21H,2,13-14H2,1H3/t21-/m0/s1. The smallest absolute Gasteiger partial charge is 0.158 e. The van der Waals surface area contributed by atoms with Gasteiger partial charge >= 0.3 is 0 Å². The van der Waals surface area contributed by atoms with Crippen LogP contribution in [-0.2, 0) is 11.2 Å². The van der Waals surface area contributed by atoms with E-state index in [0.717, 1.165) is 29.9 Å². The summed E-state index contributed by atoms with van der Waals surface area (Å²) in [7, 11) is 0. The molecule has 1 aliphatic rings. The summed E-state index contributed by atoms with van der Waals surface area (Å²) in [5.74, 6) is -0.220. The number of rotatable bonds is 4. The van der Waals surface area contributed by atoms with Gasteiger partial charge in [-0.1, -0.05) is 19.1 Å². The Labute approximate surface area is 147 Å². The number of aromatic nitrogens is 1. The van der Waals surface area contributed by atoms with E-state index in [4.69, 9.17) is 4.74 Å². The van der Waals surface area contributed by atoms with Gasteiger partial charge in [0.2, 0.25) is 0 Å². The lowest BCUT2D eigenvalue weighted by Crippen LogP contribution is -2.22. The maximum atomic E-state index is 13.2. The van der Waals surface area contributed by atoms with Crippen molar-refractivity contribution >= 4 is 5.69 Å². The highest BCUT2D eigenvalue weighted by atomic mass is 19.1. The van der Waals surface area contributed by atoms with Crippen LogP contribution in [0.2, 0.25) is 0 Å². The van der Waals surface area contributed by atoms with Crippen LogP contribution in [-0.4, -0.2) is 17.7 Å². The molecule has 0 radical (unpaired) electrons. The number of nitrogens with zero attached hydrogens (tertiary/aromatic N) is 2. The summed E-state index contributed by atoms with van der Waals surface area (Å²) in [5, 5.41) is 0. The van der Waals surface area contributed by atoms with Crippen molar-refractivity contribution in [2.45, 2.75) is 19.6 Å². The van der Waals surface area contributed by atoms with Gasteiger partial charge in [0, 0.05) is 35.9 Å². The van der Waals surface area contributed by atoms with Crippen molar-refractivity contribution in [3.8, 4) is 5.69 Å². The van der Waals surface area contributed by atoms with Crippen LogP contribution in [0.1, 0.15) is 24.3 Å². The Morgan fingerprint density at radius 3 is 2.44 bits per heavy atom. The van der Waals surface area contributed by atoms with E-state index >= 15 is 0 Å². The van der Waals surface area contributed by atoms with Crippen LogP contribution >= 0.6 is 0 Å². The van der Waals surface area contributed by atoms with Gasteiger partial charge in [0.1, 0.15) is 5.82 Å². The number of halogens is 1. The lowest BCUT2D eigenvalue weighted by atomic mass is 10.1. The molecular formula is C21H21FN2O. The minimum absolute atomic E-state index is 0.137. The van der Waals surface area contributed by atoms with Gasteiger partial charge in [-0.25, -0.2) is 4.39 Å². The molecular weight excluding hydrogens is 315 g/mol. The van der Waals surface area contributed by atoms with Gasteiger partial charge < -0.3 is 14.2 Å². The second-order valence-electron chi connectivity index (χ2n) is 6.27. The van der Waals surface area contributed by atoms with E-state index in [0.29, 0.717) is 6.61 Å². The molecule has 1 saturated heterocycles. The molecule has 2 heterocycles. The van der Waals surface area contributed by atoms with Crippen molar-refractivity contribution in [2.75, 3.05) is 18.1 Å². The number of benzene rings is 2. The normalized spacial score (nSPS) is 17.2. The second-order valence-corrected chi connectivity index (χ2v) is 6.27. The van der Waals surface area contributed by atoms with Crippen LogP contribution in [0, 0.1) is 5.82 Å². The van der Waals surface area contributed by atoms with E-state index in [-0.39, 0.29) is 12.0 Å². The first-order valence-electron chi connectivity index (χ1n) is 8.65. The first kappa shape index (κ1) is 15.9. The zero-order chi connectivity index (χ0) is 17.2. The van der Waals surface area contributed by atoms with Crippen LogP contribution in [0.4, 0.5) is 10.1 Å². The molecule has 0 spiro atoms. The molecule has 1 aromatic heterocycles. The van der Waals surface area contributed by atoms with Crippen molar-refractivity contribution < 1.29 is 9.13 Å². The van der Waals surface area contributed by atoms with Gasteiger partial charge in [-0.2, -0.15) is 0 Å². The molecule has 4 heteroatoms. The monoisotopic (exact) mass is 336 g/mol. The third kappa shape index (κ3) is 3.17. The number of aryl methyl sites for hydroxylation is 1. The molecule has 0 bridgehead atoms. The fourth-order valence-electron chi connectivity index (χ4n) is 3.27. The van der Waals surface area contributed by atoms with E-state index in [9.17, 15) is 4.39 Å². The zero-order valence-corrected chi connectivity index (χ0v) is 14.2. The molecule has 0 unspecified atom stereocenters. The van der Waals surface area contributed by atoms with Crippen molar-refractivity contribution in [3.05, 3.63) is 83.9 Å². The molecule has 1 fully saturated rings. The van der Waals surface area contributed by atoms with Crippen molar-refractivity contribution in [2.24, 2.45) is 0 Å². The van der Waals surface area contributed by atoms with Crippen molar-refractivity contribution in [1.82, 2.24) is 4.57 Å². The summed E-state index contributed by atoms with van der Waals surface area (Å²) in [5.41, 5.74) is 4.54. The molecule has 3 aromatic rings. The minimum Gasteiger partial charge on any atom is -0.352 e. The highest BCUT2D eigenvalue weighted by Crippen LogP contribution is 2.32. The van der Waals surface area contributed by atoms with E-state index < -0.39 is 0 Å². The Hall–Kier alpha value is -2.59. The second kappa shape index (κ2) is 6.73. The average Bonchev–Trinajstić information content (AvgIpc) is 3.31. The van der Waals surface area contributed by atoms with Gasteiger partial charge in [-0.05, 0) is 54.4 Å². The molecule has 25 heavy (non-hydrogen) atoms. The minimum atomic E-state index is -0.220. The van der Waals surface area contributed by atoms with E-state index in [1.54, 1.807) is 12.1 Å². The van der Waals surface area contributed by atoms with Crippen LogP contribution in [0.15, 0.2) is 67.0 Å². The molecule has 0 N–H and O–H groups in total. The third-order valence-corrected chi connectivity index (χ3v) is 4.69. The van der Waals surface area contributed by atoms with Gasteiger partial charge in [0.25, 0.3) is 0 Å². The van der Waals surface area contributed by atoms with Gasteiger partial charge in [-0.3, -0.25) is 0 Å². The van der Waals surface area contributed by atoms with Crippen molar-refractivity contribution in [3.63, 3.8) is 0 Å². The molecule has 1 atom stereocenters. The van der Waals surface area contributed by atoms with Gasteiger partial charge in [-0.15, -0.1) is 0 Å². The summed E-state index contributed by atoms with van der Waals surface area (Å²) in [6, 6.07) is 17.3. The fourth-order valence-corrected chi connectivity index (χ4v) is 3.27. The topological polar surface area (TPSA) is 17.4 Å². The van der Waals surface area contributed by atoms with E-state index in [1.165, 1.54) is 17.7 Å². The number of hydrogen-bond acceptors (Lipinski definition) is 2. The summed E-state index contributed by atoms with van der Waals surface area (Å²) in [4.78, 5) is 2.17. The van der Waals surface area contributed by atoms with Gasteiger partial charge in [0.05, 0.1) is 6.61 Å². The number of ether oxygens (including phenoxy) is 1. The summed E-state index contributed by atoms with van der Waals surface area (Å²) in [6.45, 7) is 3.62. The lowest BCUT2D eigenvalue weighted by molar-refractivity contribution is 0.114. The lowest BCUT2D eigenvalue weighted by Gasteiger charge is -2.24. The Bertz CT molecular complexity index is 839. The third-order valence-electron chi connectivity index (χ3n) is 4.69. The Morgan fingerprint density at radius 2 is 1.72 bits per heavy atom. The first-order chi connectivity index (χ1) is 12.2. The Morgan fingerprint density at radius 1 is 1.00 bits per heavy atom. The molecule has 128 valence electrons. The number of hydrogen-bond donors (Lipinski definition) is 0. The molecule has 0 aliphatic carbocycles. The number of anilines is 1. The van der Waals surface area contributed by atoms with Crippen LogP contribution in [0.3, 0.4) is 0 Å². The largest absolute Gasteiger partial charge is 0.352 e. The highest BCUT2D eigenvalue weighted by Gasteiger charge is 2.27. The SMILES string of the molecule is CCc1ccc(-n2ccc([C@@H]3OCCN3c3ccc(F)cc3)c2)cc1. The van der Waals surface area contributed by atoms with Crippen LogP contribution in [0.5, 0.6) is 0 Å². The maximum Gasteiger partial charge on any atom is 0.158 e. The van der Waals surface area contributed by atoms with E-state index in [2.05, 4.69) is 59.1 Å². The van der Waals surface area contributed by atoms with E-state index in [1.807, 2.05) is 0 Å². The predicted molar refractivity (Wildman–Crippen MR) is 97.6 cm³/mol. The Kier molecular flexibility index (Phi) is 4.28. The Balaban J connectivity index is 1.58. The zero-order valence-electron chi connectivity index (χ0n) is 14.2. The molecule has 0 saturated carbocycles. The molecule has 4 rings (SSSR count). The first-order valence-corrected chi connectivity index (χ1v) is 8.65. The summed E-state index contributed by atoms with van der Waals surface area (Å²) >= 11 is 0. The molecule has 2 aromatic carbocycles. The average molecular weight is 336 g/mol. The quantitative estimate of drug-likeness (QED) is 0.686. The highest BCUT2D eigenvalue weighted by molar-refractivity contribution is 5.49. The molecule has 3 nitrogen and oxygen atoms in total. The van der Waals surface area contributed by atoms with Gasteiger partial charge in [0.15, 0.2) is 6.23 Å². The maximum absolute atomic E-state index is 13.2. The molecule has 1 aliphatic heterocycles. The fraction of sp³-hybridized carbons (Fsp3) is 0.238. The summed E-state index contributed by atoms with van der Waals surface area (Å²) < 4.78 is 21.2. The summed E-state index contributed by atoms with van der Waals surface area (Å²) in [6.07, 6.45) is 5.07. The molecule has 0 amide bonds. The predicted octanol–water partition coefficient (Wildman–Crippen LogP) is 4.71. The van der Waals surface area contributed by atoms with Crippen LogP contribution < -0.4 is 4.90 Å². The van der Waals surface area contributed by atoms with Crippen LogP contribution in [0.25, 0.3) is 5.69 Å².